The quantitative estimate of drug-likeness (QED) is 0.590. The third kappa shape index (κ3) is 1.20. The molecule has 0 unspecified atom stereocenters. The zero-order valence-corrected chi connectivity index (χ0v) is 7.73. The maximum absolute atomic E-state index is 5.39. The monoisotopic (exact) mass is 222 g/mol. The number of thiophene rings is 1. The van der Waals surface area contributed by atoms with Crippen molar-refractivity contribution < 1.29 is 8.56 Å². The fraction of sp³-hybridized carbons (Fsp3) is 0.333. The Morgan fingerprint density at radius 3 is 3.40 bits per heavy atom. The van der Waals surface area contributed by atoms with Gasteiger partial charge >= 0.3 is 69.4 Å². The summed E-state index contributed by atoms with van der Waals surface area (Å²) < 4.78 is 12.0. The van der Waals surface area contributed by atoms with Gasteiger partial charge in [0, 0.05) is 0 Å². The van der Waals surface area contributed by atoms with E-state index in [-0.39, 0.29) is 15.3 Å². The normalized spacial score (nSPS) is 17.2. The van der Waals surface area contributed by atoms with Crippen molar-refractivity contribution in [3.8, 4) is 5.75 Å². The molecule has 54 valence electrons. The van der Waals surface area contributed by atoms with Gasteiger partial charge in [0.05, 0.1) is 0 Å². The number of hydrogen-bond donors (Lipinski definition) is 0. The summed E-state index contributed by atoms with van der Waals surface area (Å²) in [6, 6.07) is 0. The molecule has 2 heterocycles. The molecule has 4 heteroatoms. The third-order valence-electron chi connectivity index (χ3n) is 1.17. The van der Waals surface area contributed by atoms with Crippen molar-refractivity contribution in [2.45, 2.75) is 0 Å². The van der Waals surface area contributed by atoms with Gasteiger partial charge in [-0.1, -0.05) is 0 Å². The van der Waals surface area contributed by atoms with Gasteiger partial charge in [-0.3, -0.25) is 0 Å². The zero-order chi connectivity index (χ0) is 6.81. The van der Waals surface area contributed by atoms with Crippen LogP contribution in [0.3, 0.4) is 0 Å². The summed E-state index contributed by atoms with van der Waals surface area (Å²) in [5.41, 5.74) is 0. The molecule has 0 radical (unpaired) electrons. The van der Waals surface area contributed by atoms with Crippen molar-refractivity contribution in [1.82, 2.24) is 0 Å². The number of hydrogen-bond acceptors (Lipinski definition) is 3. The molecule has 0 saturated heterocycles. The van der Waals surface area contributed by atoms with E-state index in [1.807, 2.05) is 5.38 Å². The predicted molar refractivity (Wildman–Crippen MR) is 41.2 cm³/mol. The Kier molecular flexibility index (Phi) is 1.95. The first-order valence-corrected chi connectivity index (χ1v) is 5.45. The van der Waals surface area contributed by atoms with Crippen LogP contribution in [-0.4, -0.2) is 28.5 Å². The molecule has 2 rings (SSSR count). The van der Waals surface area contributed by atoms with Crippen LogP contribution in [0.2, 0.25) is 0 Å². The average Bonchev–Trinajstić information content (AvgIpc) is 2.28. The van der Waals surface area contributed by atoms with Crippen LogP contribution in [0.5, 0.6) is 5.75 Å². The van der Waals surface area contributed by atoms with Crippen LogP contribution in [0.15, 0.2) is 10.8 Å². The van der Waals surface area contributed by atoms with Crippen LogP contribution in [0.4, 0.5) is 0 Å². The SMILES string of the molecule is c1scc2c1OCCO[Se]2. The second-order valence-corrected chi connectivity index (χ2v) is 4.36. The molecule has 0 atom stereocenters. The van der Waals surface area contributed by atoms with Gasteiger partial charge in [-0.25, -0.2) is 0 Å². The van der Waals surface area contributed by atoms with E-state index in [1.54, 1.807) is 11.3 Å². The second kappa shape index (κ2) is 2.93. The topological polar surface area (TPSA) is 18.5 Å². The van der Waals surface area contributed by atoms with E-state index in [1.165, 1.54) is 4.46 Å². The van der Waals surface area contributed by atoms with E-state index < -0.39 is 0 Å². The molecule has 0 bridgehead atoms. The van der Waals surface area contributed by atoms with Gasteiger partial charge < -0.3 is 0 Å². The third-order valence-corrected chi connectivity index (χ3v) is 3.87. The van der Waals surface area contributed by atoms with Crippen molar-refractivity contribution in [3.63, 3.8) is 0 Å². The van der Waals surface area contributed by atoms with E-state index in [0.29, 0.717) is 6.61 Å². The number of ether oxygens (including phenoxy) is 1. The summed E-state index contributed by atoms with van der Waals surface area (Å²) in [6.45, 7) is 1.44. The Hall–Kier alpha value is -0.0205. The van der Waals surface area contributed by atoms with Crippen LogP contribution in [0, 0.1) is 0 Å². The predicted octanol–water partition coefficient (Wildman–Crippen LogP) is 0.402. The van der Waals surface area contributed by atoms with E-state index in [2.05, 4.69) is 5.38 Å². The minimum absolute atomic E-state index is 0.186. The fourth-order valence-corrected chi connectivity index (χ4v) is 3.16. The van der Waals surface area contributed by atoms with Crippen LogP contribution in [0.25, 0.3) is 0 Å². The molecule has 0 saturated carbocycles. The van der Waals surface area contributed by atoms with E-state index in [0.717, 1.165) is 12.4 Å². The summed E-state index contributed by atoms with van der Waals surface area (Å²) in [7, 11) is 0. The molecule has 0 aliphatic carbocycles. The zero-order valence-electron chi connectivity index (χ0n) is 5.20. The molecule has 1 aliphatic rings. The first-order valence-electron chi connectivity index (χ1n) is 2.95. The van der Waals surface area contributed by atoms with E-state index >= 15 is 0 Å². The first kappa shape index (κ1) is 6.67. The van der Waals surface area contributed by atoms with Crippen LogP contribution in [0.1, 0.15) is 0 Å². The molecule has 1 aromatic rings. The number of rotatable bonds is 0. The van der Waals surface area contributed by atoms with Gasteiger partial charge in [-0.05, 0) is 0 Å². The Balaban J connectivity index is 2.28. The number of fused-ring (bicyclic) bond motifs is 1. The minimum atomic E-state index is 0.186. The Labute approximate surface area is 69.6 Å². The standard InChI is InChI=1S/C6H6O2SSe/c1-2-8-10-6-4-9-3-5(6)7-1/h3-4H,1-2H2. The molecule has 0 N–H and O–H groups in total. The van der Waals surface area contributed by atoms with E-state index in [4.69, 9.17) is 8.56 Å². The van der Waals surface area contributed by atoms with Gasteiger partial charge in [0.15, 0.2) is 0 Å². The molecule has 0 amide bonds. The van der Waals surface area contributed by atoms with Crippen molar-refractivity contribution >= 4 is 31.1 Å². The molecule has 2 nitrogen and oxygen atoms in total. The Morgan fingerprint density at radius 1 is 1.40 bits per heavy atom. The second-order valence-electron chi connectivity index (χ2n) is 1.85. The van der Waals surface area contributed by atoms with E-state index in [9.17, 15) is 0 Å². The molecule has 1 aromatic heterocycles. The molecular formula is C6H6O2SSe. The molecule has 0 aromatic carbocycles. The fourth-order valence-electron chi connectivity index (χ4n) is 0.730. The van der Waals surface area contributed by atoms with Gasteiger partial charge in [-0.2, -0.15) is 0 Å². The average molecular weight is 221 g/mol. The molecule has 10 heavy (non-hydrogen) atoms. The summed E-state index contributed by atoms with van der Waals surface area (Å²) in [5.74, 6) is 1.03. The van der Waals surface area contributed by atoms with Gasteiger partial charge in [-0.15, -0.1) is 0 Å². The van der Waals surface area contributed by atoms with Crippen molar-refractivity contribution in [3.05, 3.63) is 10.8 Å². The Morgan fingerprint density at radius 2 is 2.40 bits per heavy atom. The van der Waals surface area contributed by atoms with Crippen molar-refractivity contribution in [2.75, 3.05) is 13.2 Å². The van der Waals surface area contributed by atoms with Crippen LogP contribution >= 0.6 is 11.3 Å². The maximum atomic E-state index is 5.39. The molecule has 0 spiro atoms. The molecule has 0 fully saturated rings. The van der Waals surface area contributed by atoms with Gasteiger partial charge in [0.1, 0.15) is 0 Å². The van der Waals surface area contributed by atoms with Gasteiger partial charge in [0.2, 0.25) is 0 Å². The first-order chi connectivity index (χ1) is 4.97. The molecular weight excluding hydrogens is 215 g/mol. The van der Waals surface area contributed by atoms with Crippen molar-refractivity contribution in [2.24, 2.45) is 0 Å². The summed E-state index contributed by atoms with van der Waals surface area (Å²) in [4.78, 5) is 0. The van der Waals surface area contributed by atoms with Crippen molar-refractivity contribution in [1.29, 1.82) is 0 Å². The summed E-state index contributed by atoms with van der Waals surface area (Å²) in [5, 5.41) is 4.13. The van der Waals surface area contributed by atoms with Crippen LogP contribution < -0.4 is 9.20 Å². The summed E-state index contributed by atoms with van der Waals surface area (Å²) >= 11 is 1.86. The molecule has 1 aliphatic heterocycles. The Bertz CT molecular complexity index is 203. The van der Waals surface area contributed by atoms with Gasteiger partial charge in [0.25, 0.3) is 0 Å². The summed E-state index contributed by atoms with van der Waals surface area (Å²) in [6.07, 6.45) is 0. The van der Waals surface area contributed by atoms with Crippen LogP contribution in [-0.2, 0) is 3.82 Å².